The zero-order valence-electron chi connectivity index (χ0n) is 20.8. The minimum atomic E-state index is -5.37. The number of aromatic amines is 1. The highest BCUT2D eigenvalue weighted by Crippen LogP contribution is 2.58. The van der Waals surface area contributed by atoms with Crippen LogP contribution >= 0.6 is 15.6 Å². The maximum absolute atomic E-state index is 12.6. The zero-order valence-corrected chi connectivity index (χ0v) is 22.6. The van der Waals surface area contributed by atoms with Gasteiger partial charge >= 0.3 is 21.2 Å². The monoisotopic (exact) mass is 583 g/mol. The molecular formula is C19H33N6O11P2+. The van der Waals surface area contributed by atoms with Gasteiger partial charge in [0.05, 0.1) is 19.8 Å². The molecule has 1 aliphatic rings. The van der Waals surface area contributed by atoms with E-state index in [1.165, 1.54) is 15.5 Å². The molecule has 2 aromatic heterocycles. The number of aromatic nitrogens is 4. The SMILES string of the molecule is CCCCCCNC(=O)C[C@H]1[C@@H](O)[C@H](n2c[n+](C)c3c(=O)[nH]c(N)nc32)O[C@@H]1COP(=O)(O)OP(=O)(O)O. The van der Waals surface area contributed by atoms with Gasteiger partial charge in [-0.15, -0.1) is 0 Å². The molecule has 5 atom stereocenters. The highest BCUT2D eigenvalue weighted by Gasteiger charge is 2.50. The number of nitrogens with two attached hydrogens (primary N) is 1. The van der Waals surface area contributed by atoms with Crippen molar-refractivity contribution in [1.82, 2.24) is 19.9 Å². The number of hydrogen-bond donors (Lipinski definition) is 7. The van der Waals surface area contributed by atoms with Crippen molar-refractivity contribution < 1.29 is 51.8 Å². The molecule has 0 bridgehead atoms. The number of phosphoric ester groups is 1. The van der Waals surface area contributed by atoms with Gasteiger partial charge in [-0.1, -0.05) is 26.2 Å². The number of phosphoric acid groups is 2. The number of amides is 1. The minimum Gasteiger partial charge on any atom is -0.386 e. The summed E-state index contributed by atoms with van der Waals surface area (Å²) in [4.78, 5) is 58.8. The van der Waals surface area contributed by atoms with E-state index in [1.54, 1.807) is 7.05 Å². The van der Waals surface area contributed by atoms with Crippen molar-refractivity contribution in [2.75, 3.05) is 18.9 Å². The molecule has 1 amide bonds. The molecule has 2 aromatic rings. The Hall–Kier alpha value is -2.20. The van der Waals surface area contributed by atoms with Gasteiger partial charge in [-0.3, -0.25) is 19.1 Å². The van der Waals surface area contributed by atoms with Gasteiger partial charge < -0.3 is 35.6 Å². The van der Waals surface area contributed by atoms with Crippen LogP contribution < -0.4 is 21.2 Å². The molecule has 1 fully saturated rings. The van der Waals surface area contributed by atoms with Gasteiger partial charge in [0.15, 0.2) is 0 Å². The van der Waals surface area contributed by atoms with Crippen LogP contribution in [0.3, 0.4) is 0 Å². The Kier molecular flexibility index (Phi) is 9.84. The molecule has 0 saturated carbocycles. The highest BCUT2D eigenvalue weighted by atomic mass is 31.3. The third kappa shape index (κ3) is 7.68. The number of nitrogens with one attached hydrogen (secondary N) is 2. The average molecular weight is 583 g/mol. The first-order chi connectivity index (χ1) is 17.7. The molecule has 1 unspecified atom stereocenters. The number of aryl methyl sites for hydroxylation is 1. The van der Waals surface area contributed by atoms with E-state index in [0.29, 0.717) is 6.54 Å². The molecule has 17 nitrogen and oxygen atoms in total. The summed E-state index contributed by atoms with van der Waals surface area (Å²) in [5, 5.41) is 13.9. The molecule has 0 radical (unpaired) electrons. The second-order valence-electron chi connectivity index (χ2n) is 8.93. The van der Waals surface area contributed by atoms with E-state index in [1.807, 2.05) is 0 Å². The topological polar surface area (TPSA) is 252 Å². The van der Waals surface area contributed by atoms with Crippen molar-refractivity contribution in [1.29, 1.82) is 0 Å². The molecular weight excluding hydrogens is 550 g/mol. The van der Waals surface area contributed by atoms with Crippen LogP contribution in [0.1, 0.15) is 45.3 Å². The predicted molar refractivity (Wildman–Crippen MR) is 130 cm³/mol. The number of carbonyl (C=O) groups is 1. The molecule has 3 heterocycles. The number of nitrogens with zero attached hydrogens (tertiary/aromatic N) is 3. The minimum absolute atomic E-state index is 0.0659. The van der Waals surface area contributed by atoms with Crippen molar-refractivity contribution in [2.45, 2.75) is 57.5 Å². The van der Waals surface area contributed by atoms with Crippen molar-refractivity contribution in [2.24, 2.45) is 13.0 Å². The summed E-state index contributed by atoms with van der Waals surface area (Å²) in [6.07, 6.45) is 1.07. The molecule has 0 spiro atoms. The lowest BCUT2D eigenvalue weighted by Crippen LogP contribution is -2.35. The number of anilines is 1. The Morgan fingerprint density at radius 1 is 1.32 bits per heavy atom. The van der Waals surface area contributed by atoms with Crippen LogP contribution in [0.25, 0.3) is 11.2 Å². The van der Waals surface area contributed by atoms with Gasteiger partial charge in [0.2, 0.25) is 24.4 Å². The number of nitrogen functional groups attached to an aromatic ring is 1. The number of carbonyl (C=O) groups excluding carboxylic acids is 1. The lowest BCUT2D eigenvalue weighted by molar-refractivity contribution is -0.646. The summed E-state index contributed by atoms with van der Waals surface area (Å²) in [5.41, 5.74) is 5.31. The van der Waals surface area contributed by atoms with E-state index in [9.17, 15) is 28.7 Å². The molecule has 38 heavy (non-hydrogen) atoms. The largest absolute Gasteiger partial charge is 0.481 e. The number of unbranched alkanes of at least 4 members (excludes halogenated alkanes) is 3. The number of hydrogen-bond acceptors (Lipinski definition) is 10. The maximum Gasteiger partial charge on any atom is 0.481 e. The van der Waals surface area contributed by atoms with Crippen LogP contribution in [0.4, 0.5) is 5.95 Å². The Balaban J connectivity index is 1.84. The van der Waals surface area contributed by atoms with Gasteiger partial charge in [0.25, 0.3) is 11.2 Å². The number of fused-ring (bicyclic) bond motifs is 1. The first-order valence-corrected chi connectivity index (χ1v) is 14.9. The van der Waals surface area contributed by atoms with E-state index in [2.05, 4.69) is 26.5 Å². The summed E-state index contributed by atoms with van der Waals surface area (Å²) >= 11 is 0. The summed E-state index contributed by atoms with van der Waals surface area (Å²) < 4.78 is 40.1. The molecule has 19 heteroatoms. The quantitative estimate of drug-likeness (QED) is 0.0878. The van der Waals surface area contributed by atoms with Gasteiger partial charge in [-0.2, -0.15) is 13.9 Å². The van der Waals surface area contributed by atoms with Crippen LogP contribution in [-0.2, 0) is 34.5 Å². The third-order valence-corrected chi connectivity index (χ3v) is 8.12. The molecule has 3 rings (SSSR count). The summed E-state index contributed by atoms with van der Waals surface area (Å²) in [5.74, 6) is -1.60. The Bertz CT molecular complexity index is 1290. The van der Waals surface area contributed by atoms with Gasteiger partial charge in [0.1, 0.15) is 6.10 Å². The van der Waals surface area contributed by atoms with E-state index in [4.69, 9.17) is 24.8 Å². The number of ether oxygens (including phenoxy) is 1. The molecule has 0 aromatic carbocycles. The van der Waals surface area contributed by atoms with E-state index >= 15 is 0 Å². The van der Waals surface area contributed by atoms with Crippen molar-refractivity contribution in [3.63, 3.8) is 0 Å². The summed E-state index contributed by atoms with van der Waals surface area (Å²) in [7, 11) is -9.04. The standard InChI is InChI=1S/C19H32N6O11P2/c1-3-4-5-6-7-21-13(26)8-11-12(9-34-38(32,33)36-37(29,30)31)35-18(15(11)27)25-10-24(2)14-16(25)22-19(20)23-17(14)28/h10-12,15,18,27H,3-9H2,1-2H3,(H6-,20,21,22,23,26,28,29,30,31,32,33)/p+1/t11-,12-,15-,18-/m1/s1. The first-order valence-electron chi connectivity index (χ1n) is 11.8. The average Bonchev–Trinajstić information content (AvgIpc) is 3.27. The van der Waals surface area contributed by atoms with Crippen LogP contribution in [-0.4, -0.2) is 65.6 Å². The lowest BCUT2D eigenvalue weighted by Gasteiger charge is -2.20. The van der Waals surface area contributed by atoms with Gasteiger partial charge in [-0.25, -0.2) is 13.7 Å². The van der Waals surface area contributed by atoms with E-state index < -0.39 is 58.1 Å². The zero-order chi connectivity index (χ0) is 28.3. The van der Waals surface area contributed by atoms with Gasteiger partial charge in [0, 0.05) is 18.9 Å². The van der Waals surface area contributed by atoms with Crippen LogP contribution in [0.15, 0.2) is 11.1 Å². The molecule has 8 N–H and O–H groups in total. The number of imidazole rings is 1. The molecule has 214 valence electrons. The highest BCUT2D eigenvalue weighted by molar-refractivity contribution is 7.60. The first kappa shape index (κ1) is 30.3. The Morgan fingerprint density at radius 3 is 2.68 bits per heavy atom. The molecule has 0 aliphatic carbocycles. The fourth-order valence-electron chi connectivity index (χ4n) is 4.28. The normalized spacial score (nSPS) is 23.5. The van der Waals surface area contributed by atoms with Crippen LogP contribution in [0.5, 0.6) is 0 Å². The number of aliphatic hydroxyl groups is 1. The number of H-pyrrole nitrogens is 1. The van der Waals surface area contributed by atoms with Gasteiger partial charge in [-0.05, 0) is 6.42 Å². The maximum atomic E-state index is 12.6. The van der Waals surface area contributed by atoms with Crippen molar-refractivity contribution in [3.05, 3.63) is 16.7 Å². The second kappa shape index (κ2) is 12.3. The van der Waals surface area contributed by atoms with E-state index in [-0.39, 0.29) is 23.5 Å². The second-order valence-corrected chi connectivity index (χ2v) is 11.8. The molecule has 1 saturated heterocycles. The van der Waals surface area contributed by atoms with Crippen LogP contribution in [0.2, 0.25) is 0 Å². The summed E-state index contributed by atoms with van der Waals surface area (Å²) in [6, 6.07) is 0. The smallest absolute Gasteiger partial charge is 0.386 e. The summed E-state index contributed by atoms with van der Waals surface area (Å²) in [6.45, 7) is 1.71. The third-order valence-electron chi connectivity index (χ3n) is 5.97. The fraction of sp³-hybridized carbons (Fsp3) is 0.684. The van der Waals surface area contributed by atoms with Crippen molar-refractivity contribution >= 4 is 38.7 Å². The molecule has 1 aliphatic heterocycles. The van der Waals surface area contributed by atoms with Crippen molar-refractivity contribution in [3.8, 4) is 0 Å². The Morgan fingerprint density at radius 2 is 2.03 bits per heavy atom. The lowest BCUT2D eigenvalue weighted by atomic mass is 9.94. The van der Waals surface area contributed by atoms with E-state index in [0.717, 1.165) is 25.7 Å². The fourth-order valence-corrected chi connectivity index (χ4v) is 5.88. The van der Waals surface area contributed by atoms with Crippen LogP contribution in [0, 0.1) is 5.92 Å². The predicted octanol–water partition coefficient (Wildman–Crippen LogP) is -0.681. The number of rotatable bonds is 13. The number of aliphatic hydroxyl groups excluding tert-OH is 1. The Labute approximate surface area is 216 Å².